The molecule has 1 rings (SSSR count). The molecule has 0 heterocycles. The fourth-order valence-electron chi connectivity index (χ4n) is 1.96. The van der Waals surface area contributed by atoms with Crippen LogP contribution in [0, 0.1) is 12.7 Å². The Kier molecular flexibility index (Phi) is 6.57. The van der Waals surface area contributed by atoms with Crippen molar-refractivity contribution in [3.05, 3.63) is 23.5 Å². The van der Waals surface area contributed by atoms with Gasteiger partial charge in [-0.2, -0.15) is 0 Å². The van der Waals surface area contributed by atoms with Gasteiger partial charge in [-0.25, -0.2) is 17.5 Å². The molecular formula is C14H24FN3O2S. The van der Waals surface area contributed by atoms with Gasteiger partial charge in [-0.3, -0.25) is 0 Å². The largest absolute Gasteiger partial charge is 0.398 e. The summed E-state index contributed by atoms with van der Waals surface area (Å²) in [6.45, 7) is 8.63. The zero-order chi connectivity index (χ0) is 16.0. The molecule has 0 aliphatic carbocycles. The van der Waals surface area contributed by atoms with E-state index in [1.165, 1.54) is 13.0 Å². The van der Waals surface area contributed by atoms with Gasteiger partial charge in [0.1, 0.15) is 5.82 Å². The Bertz CT molecular complexity index is 549. The maximum Gasteiger partial charge on any atom is 0.240 e. The fourth-order valence-corrected chi connectivity index (χ4v) is 3.08. The first-order valence-corrected chi connectivity index (χ1v) is 8.57. The van der Waals surface area contributed by atoms with E-state index in [-0.39, 0.29) is 16.1 Å². The van der Waals surface area contributed by atoms with Crippen molar-refractivity contribution in [3.8, 4) is 0 Å². The second kappa shape index (κ2) is 7.72. The molecule has 0 aliphatic rings. The zero-order valence-corrected chi connectivity index (χ0v) is 13.6. The van der Waals surface area contributed by atoms with Gasteiger partial charge >= 0.3 is 0 Å². The summed E-state index contributed by atoms with van der Waals surface area (Å²) in [5, 5.41) is 0. The van der Waals surface area contributed by atoms with Gasteiger partial charge in [-0.15, -0.1) is 0 Å². The third-order valence-electron chi connectivity index (χ3n) is 3.51. The predicted molar refractivity (Wildman–Crippen MR) is 83.1 cm³/mol. The van der Waals surface area contributed by atoms with Gasteiger partial charge in [-0.05, 0) is 45.1 Å². The first-order chi connectivity index (χ1) is 9.81. The minimum Gasteiger partial charge on any atom is -0.398 e. The van der Waals surface area contributed by atoms with E-state index in [9.17, 15) is 12.8 Å². The molecule has 0 saturated carbocycles. The Labute approximate surface area is 126 Å². The van der Waals surface area contributed by atoms with E-state index in [4.69, 9.17) is 5.73 Å². The monoisotopic (exact) mass is 317 g/mol. The second-order valence-corrected chi connectivity index (χ2v) is 6.66. The molecule has 0 spiro atoms. The van der Waals surface area contributed by atoms with Crippen molar-refractivity contribution in [1.82, 2.24) is 9.62 Å². The third kappa shape index (κ3) is 4.94. The molecule has 7 heteroatoms. The summed E-state index contributed by atoms with van der Waals surface area (Å²) in [4.78, 5) is 2.07. The van der Waals surface area contributed by atoms with Crippen LogP contribution in [0.4, 0.5) is 10.1 Å². The highest BCUT2D eigenvalue weighted by Gasteiger charge is 2.17. The van der Waals surface area contributed by atoms with Crippen LogP contribution in [0.1, 0.15) is 25.8 Å². The molecule has 3 N–H and O–H groups in total. The molecule has 1 aromatic carbocycles. The van der Waals surface area contributed by atoms with Crippen molar-refractivity contribution in [3.63, 3.8) is 0 Å². The molecule has 21 heavy (non-hydrogen) atoms. The molecule has 0 saturated heterocycles. The first-order valence-electron chi connectivity index (χ1n) is 7.09. The van der Waals surface area contributed by atoms with E-state index in [0.717, 1.165) is 25.7 Å². The average Bonchev–Trinajstić information content (AvgIpc) is 2.44. The number of hydrogen-bond donors (Lipinski definition) is 2. The van der Waals surface area contributed by atoms with Crippen LogP contribution in [0.15, 0.2) is 17.0 Å². The summed E-state index contributed by atoms with van der Waals surface area (Å²) in [5.41, 5.74) is 6.01. The molecule has 1 aromatic rings. The molecule has 0 bridgehead atoms. The lowest BCUT2D eigenvalue weighted by molar-refractivity contribution is 0.300. The fraction of sp³-hybridized carbons (Fsp3) is 0.571. The molecule has 120 valence electrons. The van der Waals surface area contributed by atoms with Gasteiger partial charge in [0, 0.05) is 17.8 Å². The minimum atomic E-state index is -3.72. The standard InChI is InChI=1S/C14H24FN3O2S/c1-4-18(5-2)8-6-7-17-21(19,20)12-9-13(15)11(3)14(16)10-12/h9-10,17H,4-8,16H2,1-3H3. The Balaban J connectivity index is 2.66. The van der Waals surface area contributed by atoms with Crippen LogP contribution in [0.25, 0.3) is 0 Å². The van der Waals surface area contributed by atoms with Crippen LogP contribution < -0.4 is 10.5 Å². The average molecular weight is 317 g/mol. The molecular weight excluding hydrogens is 293 g/mol. The molecule has 0 amide bonds. The summed E-state index contributed by atoms with van der Waals surface area (Å²) in [6, 6.07) is 2.28. The van der Waals surface area contributed by atoms with Gasteiger partial charge in [0.2, 0.25) is 10.0 Å². The number of rotatable bonds is 8. The molecule has 0 radical (unpaired) electrons. The Morgan fingerprint density at radius 3 is 2.43 bits per heavy atom. The van der Waals surface area contributed by atoms with Gasteiger partial charge in [0.05, 0.1) is 4.90 Å². The first kappa shape index (κ1) is 17.9. The van der Waals surface area contributed by atoms with Gasteiger partial charge in [-0.1, -0.05) is 13.8 Å². The second-order valence-electron chi connectivity index (χ2n) is 4.90. The number of benzene rings is 1. The highest BCUT2D eigenvalue weighted by molar-refractivity contribution is 7.89. The third-order valence-corrected chi connectivity index (χ3v) is 4.95. The lowest BCUT2D eigenvalue weighted by atomic mass is 10.2. The number of anilines is 1. The lowest BCUT2D eigenvalue weighted by Crippen LogP contribution is -2.30. The number of nitrogens with two attached hydrogens (primary N) is 1. The highest BCUT2D eigenvalue weighted by Crippen LogP contribution is 2.20. The van der Waals surface area contributed by atoms with Crippen molar-refractivity contribution in [1.29, 1.82) is 0 Å². The van der Waals surface area contributed by atoms with E-state index in [2.05, 4.69) is 23.5 Å². The highest BCUT2D eigenvalue weighted by atomic mass is 32.2. The Hall–Kier alpha value is -1.18. The zero-order valence-electron chi connectivity index (χ0n) is 12.8. The maximum atomic E-state index is 13.6. The molecule has 5 nitrogen and oxygen atoms in total. The van der Waals surface area contributed by atoms with E-state index in [1.54, 1.807) is 0 Å². The lowest BCUT2D eigenvalue weighted by Gasteiger charge is -2.17. The van der Waals surface area contributed by atoms with Crippen molar-refractivity contribution < 1.29 is 12.8 Å². The molecule has 0 aliphatic heterocycles. The predicted octanol–water partition coefficient (Wildman–Crippen LogP) is 1.73. The summed E-state index contributed by atoms with van der Waals surface area (Å²) in [6.07, 6.45) is 0.699. The van der Waals surface area contributed by atoms with Crippen LogP contribution in [-0.2, 0) is 10.0 Å². The van der Waals surface area contributed by atoms with Crippen molar-refractivity contribution in [2.75, 3.05) is 31.9 Å². The minimum absolute atomic E-state index is 0.133. The summed E-state index contributed by atoms with van der Waals surface area (Å²) in [5.74, 6) is -0.612. The van der Waals surface area contributed by atoms with E-state index in [1.807, 2.05) is 0 Å². The normalized spacial score (nSPS) is 12.0. The van der Waals surface area contributed by atoms with Gasteiger partial charge < -0.3 is 10.6 Å². The number of hydrogen-bond acceptors (Lipinski definition) is 4. The maximum absolute atomic E-state index is 13.6. The SMILES string of the molecule is CCN(CC)CCCNS(=O)(=O)c1cc(N)c(C)c(F)c1. The van der Waals surface area contributed by atoms with Crippen molar-refractivity contribution >= 4 is 15.7 Å². The van der Waals surface area contributed by atoms with E-state index < -0.39 is 15.8 Å². The molecule has 0 aromatic heterocycles. The summed E-state index contributed by atoms with van der Waals surface area (Å²) in [7, 11) is -3.72. The Morgan fingerprint density at radius 2 is 1.90 bits per heavy atom. The van der Waals surface area contributed by atoms with Crippen LogP contribution in [-0.4, -0.2) is 39.5 Å². The smallest absolute Gasteiger partial charge is 0.240 e. The number of nitrogens with zero attached hydrogens (tertiary/aromatic N) is 1. The topological polar surface area (TPSA) is 75.4 Å². The number of nitrogens with one attached hydrogen (secondary N) is 1. The number of halogens is 1. The van der Waals surface area contributed by atoms with Crippen LogP contribution >= 0.6 is 0 Å². The summed E-state index contributed by atoms with van der Waals surface area (Å²) < 4.78 is 40.2. The van der Waals surface area contributed by atoms with Crippen LogP contribution in [0.2, 0.25) is 0 Å². The summed E-state index contributed by atoms with van der Waals surface area (Å²) >= 11 is 0. The number of sulfonamides is 1. The van der Waals surface area contributed by atoms with Gasteiger partial charge in [0.15, 0.2) is 0 Å². The van der Waals surface area contributed by atoms with Crippen LogP contribution in [0.3, 0.4) is 0 Å². The van der Waals surface area contributed by atoms with Gasteiger partial charge in [0.25, 0.3) is 0 Å². The molecule has 0 unspecified atom stereocenters. The van der Waals surface area contributed by atoms with Crippen LogP contribution in [0.5, 0.6) is 0 Å². The quantitative estimate of drug-likeness (QED) is 0.565. The van der Waals surface area contributed by atoms with E-state index >= 15 is 0 Å². The van der Waals surface area contributed by atoms with Crippen molar-refractivity contribution in [2.24, 2.45) is 0 Å². The van der Waals surface area contributed by atoms with Crippen molar-refractivity contribution in [2.45, 2.75) is 32.1 Å². The number of nitrogen functional groups attached to an aromatic ring is 1. The van der Waals surface area contributed by atoms with E-state index in [0.29, 0.717) is 13.0 Å². The Morgan fingerprint density at radius 1 is 1.29 bits per heavy atom. The molecule has 0 fully saturated rings. The molecule has 0 atom stereocenters.